The van der Waals surface area contributed by atoms with Crippen molar-refractivity contribution in [1.29, 1.82) is 5.26 Å². The van der Waals surface area contributed by atoms with E-state index in [0.29, 0.717) is 16.9 Å². The molecule has 0 amide bonds. The van der Waals surface area contributed by atoms with Crippen LogP contribution >= 0.6 is 0 Å². The zero-order valence-corrected chi connectivity index (χ0v) is 11.0. The Hall–Kier alpha value is -2.80. The lowest BCUT2D eigenvalue weighted by Crippen LogP contribution is -2.02. The molecule has 0 saturated heterocycles. The van der Waals surface area contributed by atoms with Crippen molar-refractivity contribution in [2.75, 3.05) is 0 Å². The Bertz CT molecular complexity index is 677. The van der Waals surface area contributed by atoms with Crippen LogP contribution in [0, 0.1) is 18.3 Å². The Morgan fingerprint density at radius 1 is 1.35 bits per heavy atom. The molecular weight excluding hydrogens is 254 g/mol. The summed E-state index contributed by atoms with van der Waals surface area (Å²) in [6.45, 7) is 1.90. The van der Waals surface area contributed by atoms with E-state index in [9.17, 15) is 4.79 Å². The van der Waals surface area contributed by atoms with Gasteiger partial charge >= 0.3 is 5.97 Å². The summed E-state index contributed by atoms with van der Waals surface area (Å²) in [5.74, 6) is 0.893. The van der Waals surface area contributed by atoms with Gasteiger partial charge in [-0.25, -0.2) is 4.79 Å². The van der Waals surface area contributed by atoms with E-state index >= 15 is 0 Å². The van der Waals surface area contributed by atoms with E-state index in [2.05, 4.69) is 6.07 Å². The molecule has 0 N–H and O–H groups in total. The first kappa shape index (κ1) is 13.6. The van der Waals surface area contributed by atoms with E-state index in [0.717, 1.165) is 5.76 Å². The molecule has 2 rings (SSSR count). The van der Waals surface area contributed by atoms with Gasteiger partial charge in [0.1, 0.15) is 18.1 Å². The molecule has 2 aromatic rings. The molecule has 100 valence electrons. The Morgan fingerprint density at radius 3 is 2.85 bits per heavy atom. The fourth-order valence-electron chi connectivity index (χ4n) is 1.65. The second kappa shape index (κ2) is 6.39. The third-order valence-corrected chi connectivity index (χ3v) is 2.65. The summed E-state index contributed by atoms with van der Waals surface area (Å²) in [4.78, 5) is 11.6. The molecule has 0 atom stereocenters. The Balaban J connectivity index is 1.92. The quantitative estimate of drug-likeness (QED) is 0.630. The van der Waals surface area contributed by atoms with E-state index in [4.69, 9.17) is 14.4 Å². The zero-order chi connectivity index (χ0) is 14.4. The smallest absolute Gasteiger partial charge is 0.331 e. The van der Waals surface area contributed by atoms with Gasteiger partial charge in [0.05, 0.1) is 11.6 Å². The zero-order valence-electron chi connectivity index (χ0n) is 11.0. The summed E-state index contributed by atoms with van der Waals surface area (Å²) in [5.41, 5.74) is 1.19. The minimum atomic E-state index is -0.480. The van der Waals surface area contributed by atoms with E-state index in [1.54, 1.807) is 36.4 Å². The molecule has 0 saturated carbocycles. The number of ether oxygens (including phenoxy) is 1. The topological polar surface area (TPSA) is 63.2 Å². The highest BCUT2D eigenvalue weighted by atomic mass is 16.5. The third kappa shape index (κ3) is 3.59. The number of hydrogen-bond donors (Lipinski definition) is 0. The first-order valence-electron chi connectivity index (χ1n) is 6.08. The number of carbonyl (C=O) groups is 1. The van der Waals surface area contributed by atoms with Crippen LogP contribution in [0.25, 0.3) is 6.08 Å². The van der Waals surface area contributed by atoms with E-state index in [-0.39, 0.29) is 6.61 Å². The van der Waals surface area contributed by atoms with Gasteiger partial charge in [0.15, 0.2) is 0 Å². The Kier molecular flexibility index (Phi) is 4.35. The van der Waals surface area contributed by atoms with Gasteiger partial charge in [-0.2, -0.15) is 5.26 Å². The van der Waals surface area contributed by atoms with Gasteiger partial charge in [-0.15, -0.1) is 0 Å². The van der Waals surface area contributed by atoms with E-state index < -0.39 is 5.97 Å². The molecular formula is C16H13NO3. The minimum absolute atomic E-state index is 0.0735. The standard InChI is InChI=1S/C16H13NO3/c1-12-6-7-15(20-12)8-9-16(18)19-11-14-5-3-2-4-13(14)10-17/h2-9H,11H2,1H3. The number of aryl methyl sites for hydroxylation is 1. The number of esters is 1. The van der Waals surface area contributed by atoms with Gasteiger partial charge in [-0.05, 0) is 31.2 Å². The SMILES string of the molecule is Cc1ccc(C=CC(=O)OCc2ccccc2C#N)o1. The first-order valence-corrected chi connectivity index (χ1v) is 6.08. The van der Waals surface area contributed by atoms with Gasteiger partial charge in [0, 0.05) is 11.6 Å². The molecule has 0 radical (unpaired) electrons. The third-order valence-electron chi connectivity index (χ3n) is 2.65. The normalized spacial score (nSPS) is 10.4. The lowest BCUT2D eigenvalue weighted by Gasteiger charge is -2.03. The molecule has 0 spiro atoms. The van der Waals surface area contributed by atoms with Crippen LogP contribution in [0.15, 0.2) is 46.9 Å². The lowest BCUT2D eigenvalue weighted by molar-refractivity contribution is -0.138. The molecule has 1 heterocycles. The highest BCUT2D eigenvalue weighted by molar-refractivity contribution is 5.86. The van der Waals surface area contributed by atoms with Gasteiger partial charge in [-0.1, -0.05) is 18.2 Å². The predicted molar refractivity (Wildman–Crippen MR) is 73.4 cm³/mol. The number of rotatable bonds is 4. The molecule has 0 aliphatic heterocycles. The summed E-state index contributed by atoms with van der Waals surface area (Å²) in [6, 6.07) is 12.6. The van der Waals surface area contributed by atoms with Crippen LogP contribution in [0.4, 0.5) is 0 Å². The summed E-state index contributed by atoms with van der Waals surface area (Å²) < 4.78 is 10.4. The Morgan fingerprint density at radius 2 is 2.15 bits per heavy atom. The van der Waals surface area contributed by atoms with Crippen LogP contribution < -0.4 is 0 Å². The summed E-state index contributed by atoms with van der Waals surface area (Å²) >= 11 is 0. The number of benzene rings is 1. The van der Waals surface area contributed by atoms with Crippen LogP contribution in [0.2, 0.25) is 0 Å². The predicted octanol–water partition coefficient (Wildman–Crippen LogP) is 3.22. The molecule has 0 bridgehead atoms. The largest absolute Gasteiger partial charge is 0.462 e. The van der Waals surface area contributed by atoms with Crippen molar-refractivity contribution in [1.82, 2.24) is 0 Å². The van der Waals surface area contributed by atoms with Gasteiger partial charge in [-0.3, -0.25) is 0 Å². The van der Waals surface area contributed by atoms with Crippen molar-refractivity contribution < 1.29 is 13.9 Å². The van der Waals surface area contributed by atoms with E-state index in [1.165, 1.54) is 6.08 Å². The van der Waals surface area contributed by atoms with Crippen molar-refractivity contribution in [3.63, 3.8) is 0 Å². The molecule has 1 aromatic heterocycles. The minimum Gasteiger partial charge on any atom is -0.462 e. The van der Waals surface area contributed by atoms with Crippen LogP contribution in [-0.2, 0) is 16.1 Å². The van der Waals surface area contributed by atoms with Crippen LogP contribution in [0.3, 0.4) is 0 Å². The average molecular weight is 267 g/mol. The maximum Gasteiger partial charge on any atom is 0.331 e. The summed E-state index contributed by atoms with van der Waals surface area (Å²) in [7, 11) is 0. The van der Waals surface area contributed by atoms with Crippen molar-refractivity contribution in [2.45, 2.75) is 13.5 Å². The number of hydrogen-bond acceptors (Lipinski definition) is 4. The molecule has 0 unspecified atom stereocenters. The Labute approximate surface area is 116 Å². The molecule has 0 aliphatic rings. The van der Waals surface area contributed by atoms with Crippen LogP contribution in [-0.4, -0.2) is 5.97 Å². The van der Waals surface area contributed by atoms with Crippen molar-refractivity contribution >= 4 is 12.0 Å². The van der Waals surface area contributed by atoms with Crippen LogP contribution in [0.5, 0.6) is 0 Å². The highest BCUT2D eigenvalue weighted by Crippen LogP contribution is 2.10. The summed E-state index contributed by atoms with van der Waals surface area (Å²) in [5, 5.41) is 8.92. The molecule has 1 aromatic carbocycles. The maximum atomic E-state index is 11.6. The monoisotopic (exact) mass is 267 g/mol. The average Bonchev–Trinajstić information content (AvgIpc) is 2.89. The van der Waals surface area contributed by atoms with E-state index in [1.807, 2.05) is 13.0 Å². The van der Waals surface area contributed by atoms with Crippen molar-refractivity contribution in [3.05, 3.63) is 65.1 Å². The maximum absolute atomic E-state index is 11.6. The number of nitrogens with zero attached hydrogens (tertiary/aromatic N) is 1. The first-order chi connectivity index (χ1) is 9.69. The highest BCUT2D eigenvalue weighted by Gasteiger charge is 2.04. The van der Waals surface area contributed by atoms with Crippen molar-refractivity contribution in [3.8, 4) is 6.07 Å². The molecule has 20 heavy (non-hydrogen) atoms. The fraction of sp³-hybridized carbons (Fsp3) is 0.125. The molecule has 4 nitrogen and oxygen atoms in total. The second-order valence-corrected chi connectivity index (χ2v) is 4.16. The van der Waals surface area contributed by atoms with Crippen molar-refractivity contribution in [2.24, 2.45) is 0 Å². The van der Waals surface area contributed by atoms with Gasteiger partial charge in [0.25, 0.3) is 0 Å². The molecule has 0 aliphatic carbocycles. The lowest BCUT2D eigenvalue weighted by atomic mass is 10.1. The van der Waals surface area contributed by atoms with Crippen LogP contribution in [0.1, 0.15) is 22.6 Å². The number of nitriles is 1. The van der Waals surface area contributed by atoms with Gasteiger partial charge < -0.3 is 9.15 Å². The van der Waals surface area contributed by atoms with Gasteiger partial charge in [0.2, 0.25) is 0 Å². The number of furan rings is 1. The summed E-state index contributed by atoms with van der Waals surface area (Å²) in [6.07, 6.45) is 2.85. The fourth-order valence-corrected chi connectivity index (χ4v) is 1.65. The molecule has 4 heteroatoms. The molecule has 0 fully saturated rings. The number of carbonyl (C=O) groups excluding carboxylic acids is 1. The second-order valence-electron chi connectivity index (χ2n) is 4.16.